The highest BCUT2D eigenvalue weighted by atomic mass is 32.2. The number of ether oxygens (including phenoxy) is 1. The second-order valence-electron chi connectivity index (χ2n) is 8.93. The first kappa shape index (κ1) is 22.2. The summed E-state index contributed by atoms with van der Waals surface area (Å²) < 4.78 is 19.9. The van der Waals surface area contributed by atoms with Gasteiger partial charge in [-0.25, -0.2) is 14.4 Å². The van der Waals surface area contributed by atoms with Crippen LogP contribution in [0.25, 0.3) is 22.3 Å². The fraction of sp³-hybridized carbons (Fsp3) is 0.296. The van der Waals surface area contributed by atoms with Crippen LogP contribution in [0.5, 0.6) is 0 Å². The van der Waals surface area contributed by atoms with Crippen molar-refractivity contribution in [3.8, 4) is 11.4 Å². The number of halogens is 1. The van der Waals surface area contributed by atoms with Crippen LogP contribution in [-0.4, -0.2) is 53.6 Å². The normalized spacial score (nSPS) is 16.0. The number of pyridine rings is 3. The van der Waals surface area contributed by atoms with E-state index in [2.05, 4.69) is 27.8 Å². The summed E-state index contributed by atoms with van der Waals surface area (Å²) >= 11 is 1.77. The molecule has 2 aliphatic heterocycles. The number of hydrogen-bond donors (Lipinski definition) is 0. The first-order valence-corrected chi connectivity index (χ1v) is 12.8. The molecule has 0 bridgehead atoms. The van der Waals surface area contributed by atoms with Crippen molar-refractivity contribution in [2.24, 2.45) is 0 Å². The molecule has 178 valence electrons. The van der Waals surface area contributed by atoms with Crippen molar-refractivity contribution in [3.63, 3.8) is 0 Å². The zero-order chi connectivity index (χ0) is 23.9. The van der Waals surface area contributed by atoms with Gasteiger partial charge in [0.05, 0.1) is 53.4 Å². The average Bonchev–Trinajstić information content (AvgIpc) is 2.88. The monoisotopic (exact) mass is 487 g/mol. The van der Waals surface area contributed by atoms with E-state index in [9.17, 15) is 4.39 Å². The molecule has 2 aliphatic rings. The van der Waals surface area contributed by atoms with Crippen molar-refractivity contribution >= 4 is 39.7 Å². The van der Waals surface area contributed by atoms with Gasteiger partial charge in [-0.05, 0) is 49.7 Å². The Labute approximate surface area is 208 Å². The molecule has 0 aliphatic carbocycles. The number of fused-ring (bicyclic) bond motifs is 2. The van der Waals surface area contributed by atoms with E-state index >= 15 is 0 Å². The summed E-state index contributed by atoms with van der Waals surface area (Å²) in [6.07, 6.45) is 3.77. The van der Waals surface area contributed by atoms with E-state index in [-0.39, 0.29) is 5.82 Å². The van der Waals surface area contributed by atoms with E-state index < -0.39 is 0 Å². The molecule has 35 heavy (non-hydrogen) atoms. The first-order chi connectivity index (χ1) is 17.1. The van der Waals surface area contributed by atoms with Gasteiger partial charge in [-0.3, -0.25) is 4.98 Å². The molecule has 3 aromatic heterocycles. The van der Waals surface area contributed by atoms with Gasteiger partial charge in [0.15, 0.2) is 0 Å². The molecule has 4 aromatic rings. The van der Waals surface area contributed by atoms with Gasteiger partial charge < -0.3 is 14.5 Å². The lowest BCUT2D eigenvalue weighted by molar-refractivity contribution is 0.122. The number of hydrogen-bond acceptors (Lipinski definition) is 7. The molecule has 0 amide bonds. The van der Waals surface area contributed by atoms with Crippen molar-refractivity contribution in [3.05, 3.63) is 65.7 Å². The molecule has 5 heterocycles. The summed E-state index contributed by atoms with van der Waals surface area (Å²) in [4.78, 5) is 19.0. The standard InChI is InChI=1S/C27H26FN5OS/c1-17-5-6-29-23(13-17)25-18(2)26(21-4-3-19(28)14-22(21)31-25)33-9-12-35-27-24(33)15-20(16-30-27)32-7-10-34-11-8-32/h3-6,13-16H,7-12H2,1-2H3. The van der Waals surface area contributed by atoms with Gasteiger partial charge in [0.2, 0.25) is 0 Å². The molecule has 6 rings (SSSR count). The third-order valence-electron chi connectivity index (χ3n) is 6.62. The maximum absolute atomic E-state index is 14.3. The molecule has 0 atom stereocenters. The summed E-state index contributed by atoms with van der Waals surface area (Å²) in [5, 5.41) is 1.94. The second-order valence-corrected chi connectivity index (χ2v) is 10.0. The minimum atomic E-state index is -0.297. The summed E-state index contributed by atoms with van der Waals surface area (Å²) in [6.45, 7) is 8.11. The molecule has 0 unspecified atom stereocenters. The Morgan fingerprint density at radius 3 is 2.69 bits per heavy atom. The van der Waals surface area contributed by atoms with E-state index in [1.165, 1.54) is 12.1 Å². The minimum absolute atomic E-state index is 0.297. The summed E-state index contributed by atoms with van der Waals surface area (Å²) in [5.74, 6) is 0.619. The Morgan fingerprint density at radius 2 is 1.86 bits per heavy atom. The molecule has 8 heteroatoms. The molecule has 6 nitrogen and oxygen atoms in total. The van der Waals surface area contributed by atoms with Crippen LogP contribution in [0.3, 0.4) is 0 Å². The smallest absolute Gasteiger partial charge is 0.125 e. The first-order valence-electron chi connectivity index (χ1n) is 11.8. The quantitative estimate of drug-likeness (QED) is 0.377. The highest BCUT2D eigenvalue weighted by molar-refractivity contribution is 7.99. The lowest BCUT2D eigenvalue weighted by atomic mass is 10.0. The Kier molecular flexibility index (Phi) is 5.78. The van der Waals surface area contributed by atoms with Crippen molar-refractivity contribution in [1.82, 2.24) is 15.0 Å². The zero-order valence-electron chi connectivity index (χ0n) is 19.8. The van der Waals surface area contributed by atoms with Gasteiger partial charge in [-0.15, -0.1) is 11.8 Å². The number of nitrogens with zero attached hydrogens (tertiary/aromatic N) is 5. The van der Waals surface area contributed by atoms with E-state index in [1.807, 2.05) is 31.3 Å². The fourth-order valence-corrected chi connectivity index (χ4v) is 5.81. The number of aromatic nitrogens is 3. The highest BCUT2D eigenvalue weighted by Gasteiger charge is 2.27. The highest BCUT2D eigenvalue weighted by Crippen LogP contribution is 2.44. The topological polar surface area (TPSA) is 54.4 Å². The predicted octanol–water partition coefficient (Wildman–Crippen LogP) is 5.53. The molecule has 1 saturated heterocycles. The second kappa shape index (κ2) is 9.09. The van der Waals surface area contributed by atoms with E-state index in [1.54, 1.807) is 18.0 Å². The summed E-state index contributed by atoms with van der Waals surface area (Å²) in [6, 6.07) is 11.1. The van der Waals surface area contributed by atoms with Crippen molar-refractivity contribution in [1.29, 1.82) is 0 Å². The van der Waals surface area contributed by atoms with Gasteiger partial charge in [-0.1, -0.05) is 0 Å². The lowest BCUT2D eigenvalue weighted by Crippen LogP contribution is -2.36. The zero-order valence-corrected chi connectivity index (χ0v) is 20.6. The SMILES string of the molecule is Cc1ccnc(-c2nc3cc(F)ccc3c(N3CCSc4ncc(N5CCOCC5)cc43)c2C)c1. The summed E-state index contributed by atoms with van der Waals surface area (Å²) in [5.41, 5.74) is 7.54. The Hall–Kier alpha value is -3.23. The largest absolute Gasteiger partial charge is 0.378 e. The lowest BCUT2D eigenvalue weighted by Gasteiger charge is -2.35. The van der Waals surface area contributed by atoms with Crippen LogP contribution in [0, 0.1) is 19.7 Å². The third-order valence-corrected chi connectivity index (χ3v) is 7.60. The Balaban J connectivity index is 1.56. The number of morpholine rings is 1. The molecule has 0 radical (unpaired) electrons. The van der Waals surface area contributed by atoms with Crippen LogP contribution < -0.4 is 9.80 Å². The van der Waals surface area contributed by atoms with Crippen LogP contribution in [0.1, 0.15) is 11.1 Å². The van der Waals surface area contributed by atoms with Gasteiger partial charge in [-0.2, -0.15) is 0 Å². The van der Waals surface area contributed by atoms with Crippen molar-refractivity contribution in [2.75, 3.05) is 48.4 Å². The van der Waals surface area contributed by atoms with Crippen LogP contribution in [0.2, 0.25) is 0 Å². The Morgan fingerprint density at radius 1 is 1.00 bits per heavy atom. The molecule has 1 fully saturated rings. The predicted molar refractivity (Wildman–Crippen MR) is 139 cm³/mol. The molecule has 0 N–H and O–H groups in total. The number of thioether (sulfide) groups is 1. The maximum atomic E-state index is 14.3. The third kappa shape index (κ3) is 4.10. The van der Waals surface area contributed by atoms with Gasteiger partial charge >= 0.3 is 0 Å². The van der Waals surface area contributed by atoms with Gasteiger partial charge in [0.25, 0.3) is 0 Å². The van der Waals surface area contributed by atoms with Crippen molar-refractivity contribution in [2.45, 2.75) is 18.9 Å². The number of aryl methyl sites for hydroxylation is 1. The summed E-state index contributed by atoms with van der Waals surface area (Å²) in [7, 11) is 0. The molecular weight excluding hydrogens is 461 g/mol. The van der Waals surface area contributed by atoms with Crippen LogP contribution >= 0.6 is 11.8 Å². The molecular formula is C27H26FN5OS. The maximum Gasteiger partial charge on any atom is 0.125 e. The van der Waals surface area contributed by atoms with Crippen LogP contribution in [0.15, 0.2) is 53.8 Å². The van der Waals surface area contributed by atoms with Crippen molar-refractivity contribution < 1.29 is 9.13 Å². The average molecular weight is 488 g/mol. The molecule has 0 spiro atoms. The van der Waals surface area contributed by atoms with Crippen LogP contribution in [-0.2, 0) is 4.74 Å². The van der Waals surface area contributed by atoms with E-state index in [0.29, 0.717) is 5.52 Å². The molecule has 0 saturated carbocycles. The van der Waals surface area contributed by atoms with Gasteiger partial charge in [0, 0.05) is 48.6 Å². The van der Waals surface area contributed by atoms with E-state index in [4.69, 9.17) is 14.7 Å². The number of benzene rings is 1. The fourth-order valence-electron chi connectivity index (χ4n) is 4.89. The van der Waals surface area contributed by atoms with E-state index in [0.717, 1.165) is 88.6 Å². The van der Waals surface area contributed by atoms with Gasteiger partial charge in [0.1, 0.15) is 10.8 Å². The molecule has 1 aromatic carbocycles. The number of anilines is 3. The minimum Gasteiger partial charge on any atom is -0.378 e. The number of rotatable bonds is 3. The Bertz CT molecular complexity index is 1420. The van der Waals surface area contributed by atoms with Crippen LogP contribution in [0.4, 0.5) is 21.5 Å².